The highest BCUT2D eigenvalue weighted by Crippen LogP contribution is 2.29. The van der Waals surface area contributed by atoms with Gasteiger partial charge in [-0.1, -0.05) is 0 Å². The van der Waals surface area contributed by atoms with Crippen molar-refractivity contribution in [2.45, 2.75) is 6.42 Å². The van der Waals surface area contributed by atoms with E-state index >= 15 is 0 Å². The van der Waals surface area contributed by atoms with Crippen molar-refractivity contribution < 1.29 is 27.5 Å². The number of nitrogens with zero attached hydrogens (tertiary/aromatic N) is 1. The SMILES string of the molecule is O=C(O)c1c(F)c(F)c(F)c(F)c1C1=NC=C(S)C1. The fourth-order valence-electron chi connectivity index (χ4n) is 1.67. The van der Waals surface area contributed by atoms with Gasteiger partial charge in [0.15, 0.2) is 23.3 Å². The molecule has 0 saturated heterocycles. The molecule has 0 amide bonds. The van der Waals surface area contributed by atoms with Gasteiger partial charge in [0.1, 0.15) is 5.56 Å². The molecule has 0 aromatic heterocycles. The van der Waals surface area contributed by atoms with Crippen molar-refractivity contribution in [2.24, 2.45) is 4.99 Å². The minimum Gasteiger partial charge on any atom is -0.478 e. The Bertz CT molecular complexity index is 655. The molecule has 1 aromatic carbocycles. The van der Waals surface area contributed by atoms with Crippen LogP contribution in [0.3, 0.4) is 0 Å². The van der Waals surface area contributed by atoms with E-state index in [9.17, 15) is 22.4 Å². The summed E-state index contributed by atoms with van der Waals surface area (Å²) in [6.45, 7) is 0. The van der Waals surface area contributed by atoms with E-state index in [1.54, 1.807) is 0 Å². The molecule has 1 heterocycles. The summed E-state index contributed by atoms with van der Waals surface area (Å²) in [6, 6.07) is 0. The smallest absolute Gasteiger partial charge is 0.339 e. The Balaban J connectivity index is 2.76. The molecule has 0 fully saturated rings. The molecule has 19 heavy (non-hydrogen) atoms. The minimum absolute atomic E-state index is 0.0924. The number of carboxylic acid groups (broad SMARTS) is 1. The van der Waals surface area contributed by atoms with Crippen LogP contribution in [0.5, 0.6) is 0 Å². The van der Waals surface area contributed by atoms with Gasteiger partial charge in [0, 0.05) is 17.5 Å². The Hall–Kier alpha value is -1.83. The van der Waals surface area contributed by atoms with Crippen LogP contribution in [-0.2, 0) is 0 Å². The molecular weight excluding hydrogens is 286 g/mol. The molecule has 0 aliphatic carbocycles. The van der Waals surface area contributed by atoms with Gasteiger partial charge in [-0.05, 0) is 0 Å². The van der Waals surface area contributed by atoms with E-state index in [1.165, 1.54) is 6.20 Å². The quantitative estimate of drug-likeness (QED) is 0.381. The number of hydrogen-bond donors (Lipinski definition) is 2. The molecule has 1 aliphatic heterocycles. The maximum atomic E-state index is 13.7. The summed E-state index contributed by atoms with van der Waals surface area (Å²) in [4.78, 5) is 14.9. The van der Waals surface area contributed by atoms with Crippen LogP contribution in [0.4, 0.5) is 17.6 Å². The molecule has 0 bridgehead atoms. The lowest BCUT2D eigenvalue weighted by Crippen LogP contribution is -2.17. The van der Waals surface area contributed by atoms with Crippen molar-refractivity contribution in [1.29, 1.82) is 0 Å². The van der Waals surface area contributed by atoms with E-state index in [2.05, 4.69) is 17.6 Å². The van der Waals surface area contributed by atoms with Gasteiger partial charge in [0.25, 0.3) is 0 Å². The van der Waals surface area contributed by atoms with E-state index in [4.69, 9.17) is 5.11 Å². The molecule has 100 valence electrons. The van der Waals surface area contributed by atoms with Gasteiger partial charge in [-0.25, -0.2) is 22.4 Å². The fourth-order valence-corrected chi connectivity index (χ4v) is 1.88. The molecular formula is C11H5F4NO2S. The van der Waals surface area contributed by atoms with Crippen molar-refractivity contribution in [3.8, 4) is 0 Å². The molecule has 8 heteroatoms. The molecule has 2 rings (SSSR count). The lowest BCUT2D eigenvalue weighted by Gasteiger charge is -2.10. The number of aromatic carboxylic acids is 1. The summed E-state index contributed by atoms with van der Waals surface area (Å²) in [5.41, 5.74) is -2.41. The first-order valence-corrected chi connectivity index (χ1v) is 5.33. The maximum Gasteiger partial charge on any atom is 0.339 e. The standard InChI is InChI=1S/C11H5F4NO2S/c12-7-5(4-1-3(19)2-16-4)6(11(17)18)8(13)10(15)9(7)14/h2,19H,1H2,(H,17,18). The number of hydrogen-bond acceptors (Lipinski definition) is 3. The largest absolute Gasteiger partial charge is 0.478 e. The molecule has 3 nitrogen and oxygen atoms in total. The first-order valence-electron chi connectivity index (χ1n) is 4.88. The number of halogens is 4. The monoisotopic (exact) mass is 291 g/mol. The summed E-state index contributed by atoms with van der Waals surface area (Å²) in [7, 11) is 0. The Morgan fingerprint density at radius 1 is 1.16 bits per heavy atom. The third kappa shape index (κ3) is 2.12. The lowest BCUT2D eigenvalue weighted by atomic mass is 9.99. The molecule has 0 radical (unpaired) electrons. The van der Waals surface area contributed by atoms with Crippen molar-refractivity contribution in [3.63, 3.8) is 0 Å². The van der Waals surface area contributed by atoms with Crippen LogP contribution < -0.4 is 0 Å². The number of aliphatic imine (C=N–C) groups is 1. The zero-order valence-electron chi connectivity index (χ0n) is 9.05. The van der Waals surface area contributed by atoms with E-state index in [-0.39, 0.29) is 12.1 Å². The second-order valence-electron chi connectivity index (χ2n) is 3.68. The third-order valence-corrected chi connectivity index (χ3v) is 2.76. The predicted octanol–water partition coefficient (Wildman–Crippen LogP) is 2.91. The average Bonchev–Trinajstić information content (AvgIpc) is 2.76. The summed E-state index contributed by atoms with van der Waals surface area (Å²) >= 11 is 3.91. The first-order chi connectivity index (χ1) is 8.84. The van der Waals surface area contributed by atoms with Gasteiger partial charge in [-0.2, -0.15) is 0 Å². The minimum atomic E-state index is -2.17. The second-order valence-corrected chi connectivity index (χ2v) is 4.26. The molecule has 1 aliphatic rings. The summed E-state index contributed by atoms with van der Waals surface area (Å²) in [5, 5.41) is 8.83. The van der Waals surface area contributed by atoms with E-state index in [0.717, 1.165) is 0 Å². The van der Waals surface area contributed by atoms with Crippen LogP contribution in [0.1, 0.15) is 22.3 Å². The van der Waals surface area contributed by atoms with E-state index < -0.39 is 40.4 Å². The van der Waals surface area contributed by atoms with Crippen molar-refractivity contribution in [2.75, 3.05) is 0 Å². The third-order valence-electron chi connectivity index (χ3n) is 2.49. The predicted molar refractivity (Wildman–Crippen MR) is 61.5 cm³/mol. The van der Waals surface area contributed by atoms with Crippen LogP contribution in [0, 0.1) is 23.3 Å². The molecule has 0 saturated carbocycles. The molecule has 1 aromatic rings. The topological polar surface area (TPSA) is 49.7 Å². The van der Waals surface area contributed by atoms with Crippen LogP contribution in [0.15, 0.2) is 16.1 Å². The Kier molecular flexibility index (Phi) is 3.36. The second kappa shape index (κ2) is 4.69. The molecule has 0 unspecified atom stereocenters. The summed E-state index contributed by atoms with van der Waals surface area (Å²) in [6.07, 6.45) is 1.09. The van der Waals surface area contributed by atoms with Crippen molar-refractivity contribution in [3.05, 3.63) is 45.5 Å². The highest BCUT2D eigenvalue weighted by molar-refractivity contribution is 7.84. The molecule has 0 spiro atoms. The maximum absolute atomic E-state index is 13.7. The van der Waals surface area contributed by atoms with Gasteiger partial charge in [0.05, 0.1) is 11.3 Å². The zero-order valence-corrected chi connectivity index (χ0v) is 9.94. The zero-order chi connectivity index (χ0) is 14.3. The summed E-state index contributed by atoms with van der Waals surface area (Å²) in [5.74, 6) is -9.91. The van der Waals surface area contributed by atoms with Crippen LogP contribution in [0.25, 0.3) is 0 Å². The van der Waals surface area contributed by atoms with Gasteiger partial charge < -0.3 is 5.11 Å². The van der Waals surface area contributed by atoms with Crippen LogP contribution in [-0.4, -0.2) is 16.8 Å². The van der Waals surface area contributed by atoms with E-state index in [0.29, 0.717) is 4.91 Å². The van der Waals surface area contributed by atoms with Crippen LogP contribution >= 0.6 is 12.6 Å². The Morgan fingerprint density at radius 2 is 1.74 bits per heavy atom. The normalized spacial score (nSPS) is 14.4. The number of thiol groups is 1. The lowest BCUT2D eigenvalue weighted by molar-refractivity contribution is 0.0689. The number of carboxylic acids is 1. The van der Waals surface area contributed by atoms with E-state index in [1.807, 2.05) is 0 Å². The van der Waals surface area contributed by atoms with Crippen molar-refractivity contribution >= 4 is 24.3 Å². The average molecular weight is 291 g/mol. The molecule has 1 N–H and O–H groups in total. The summed E-state index contributed by atoms with van der Waals surface area (Å²) < 4.78 is 53.3. The molecule has 0 atom stereocenters. The number of carbonyl (C=O) groups is 1. The van der Waals surface area contributed by atoms with Gasteiger partial charge >= 0.3 is 5.97 Å². The Labute approximate surface area is 109 Å². The van der Waals surface area contributed by atoms with Gasteiger partial charge in [0.2, 0.25) is 0 Å². The van der Waals surface area contributed by atoms with Gasteiger partial charge in [-0.3, -0.25) is 4.99 Å². The highest BCUT2D eigenvalue weighted by atomic mass is 32.1. The number of rotatable bonds is 2. The fraction of sp³-hybridized carbons (Fsp3) is 0.0909. The first kappa shape index (κ1) is 13.6. The number of allylic oxidation sites excluding steroid dienone is 1. The number of benzene rings is 1. The Morgan fingerprint density at radius 3 is 2.21 bits per heavy atom. The van der Waals surface area contributed by atoms with Crippen molar-refractivity contribution in [1.82, 2.24) is 0 Å². The highest BCUT2D eigenvalue weighted by Gasteiger charge is 2.32. The van der Waals surface area contributed by atoms with Crippen LogP contribution in [0.2, 0.25) is 0 Å². The van der Waals surface area contributed by atoms with Gasteiger partial charge in [-0.15, -0.1) is 12.6 Å².